The molecule has 0 radical (unpaired) electrons. The Morgan fingerprint density at radius 2 is 1.86 bits per heavy atom. The summed E-state index contributed by atoms with van der Waals surface area (Å²) in [7, 11) is -3.65. The highest BCUT2D eigenvalue weighted by Crippen LogP contribution is 2.20. The lowest BCUT2D eigenvalue weighted by Crippen LogP contribution is -2.29. The van der Waals surface area contributed by atoms with Crippen molar-refractivity contribution in [3.8, 4) is 0 Å². The quantitative estimate of drug-likeness (QED) is 0.724. The number of rotatable bonds is 7. The van der Waals surface area contributed by atoms with Crippen LogP contribution in [0.5, 0.6) is 0 Å². The van der Waals surface area contributed by atoms with Crippen LogP contribution in [0.25, 0.3) is 0 Å². The second kappa shape index (κ2) is 9.37. The number of piperidine rings is 1. The highest BCUT2D eigenvalue weighted by molar-refractivity contribution is 7.89. The zero-order valence-electron chi connectivity index (χ0n) is 16.9. The molecular formula is C21H28N4O3S. The number of aromatic nitrogens is 1. The predicted molar refractivity (Wildman–Crippen MR) is 115 cm³/mol. The van der Waals surface area contributed by atoms with E-state index in [1.807, 2.05) is 19.1 Å². The summed E-state index contributed by atoms with van der Waals surface area (Å²) in [5.41, 5.74) is 2.74. The van der Waals surface area contributed by atoms with E-state index >= 15 is 0 Å². The Morgan fingerprint density at radius 1 is 1.10 bits per heavy atom. The number of pyridine rings is 1. The van der Waals surface area contributed by atoms with Gasteiger partial charge in [-0.05, 0) is 56.9 Å². The minimum absolute atomic E-state index is 0.0212. The highest BCUT2D eigenvalue weighted by Gasteiger charge is 2.17. The minimum Gasteiger partial charge on any atom is -0.370 e. The van der Waals surface area contributed by atoms with Gasteiger partial charge >= 0.3 is 0 Å². The minimum atomic E-state index is -3.65. The van der Waals surface area contributed by atoms with Gasteiger partial charge < -0.3 is 10.2 Å². The molecule has 2 N–H and O–H groups in total. The number of hydrogen-bond acceptors (Lipinski definition) is 5. The Morgan fingerprint density at radius 3 is 2.52 bits per heavy atom. The van der Waals surface area contributed by atoms with Gasteiger partial charge in [0.05, 0.1) is 16.8 Å². The summed E-state index contributed by atoms with van der Waals surface area (Å²) < 4.78 is 27.4. The van der Waals surface area contributed by atoms with E-state index in [0.29, 0.717) is 11.4 Å². The molecule has 0 atom stereocenters. The van der Waals surface area contributed by atoms with E-state index in [1.165, 1.54) is 19.3 Å². The van der Waals surface area contributed by atoms with Gasteiger partial charge in [-0.3, -0.25) is 4.79 Å². The summed E-state index contributed by atoms with van der Waals surface area (Å²) in [6, 6.07) is 8.90. The van der Waals surface area contributed by atoms with Gasteiger partial charge in [-0.2, -0.15) is 0 Å². The van der Waals surface area contributed by atoms with E-state index in [9.17, 15) is 13.2 Å². The molecule has 0 unspecified atom stereocenters. The SMILES string of the molecule is Cc1ccc(S(=O)(=O)NCCC(=O)Nc2ccc(N3CCCCC3)cn2)c(C)c1. The predicted octanol–water partition coefficient (Wildman–Crippen LogP) is 3.00. The summed E-state index contributed by atoms with van der Waals surface area (Å²) in [6.07, 6.45) is 5.45. The summed E-state index contributed by atoms with van der Waals surface area (Å²) in [5.74, 6) is 0.180. The molecular weight excluding hydrogens is 388 g/mol. The molecule has 1 aliphatic heterocycles. The summed E-state index contributed by atoms with van der Waals surface area (Å²) >= 11 is 0. The van der Waals surface area contributed by atoms with Gasteiger partial charge in [0.2, 0.25) is 15.9 Å². The van der Waals surface area contributed by atoms with Gasteiger partial charge in [0.1, 0.15) is 5.82 Å². The molecule has 1 aromatic heterocycles. The van der Waals surface area contributed by atoms with Crippen LogP contribution in [-0.2, 0) is 14.8 Å². The Kier molecular flexibility index (Phi) is 6.87. The third kappa shape index (κ3) is 5.77. The number of hydrogen-bond donors (Lipinski definition) is 2. The molecule has 7 nitrogen and oxygen atoms in total. The summed E-state index contributed by atoms with van der Waals surface area (Å²) in [5, 5.41) is 2.71. The van der Waals surface area contributed by atoms with Gasteiger partial charge in [0.15, 0.2) is 0 Å². The molecule has 0 spiro atoms. The lowest BCUT2D eigenvalue weighted by Gasteiger charge is -2.28. The van der Waals surface area contributed by atoms with Crippen molar-refractivity contribution in [2.45, 2.75) is 44.4 Å². The van der Waals surface area contributed by atoms with Gasteiger partial charge in [0, 0.05) is 26.1 Å². The van der Waals surface area contributed by atoms with Crippen molar-refractivity contribution in [3.63, 3.8) is 0 Å². The van der Waals surface area contributed by atoms with E-state index in [4.69, 9.17) is 0 Å². The van der Waals surface area contributed by atoms with Crippen LogP contribution in [0.2, 0.25) is 0 Å². The third-order valence-corrected chi connectivity index (χ3v) is 6.62. The fourth-order valence-corrected chi connectivity index (χ4v) is 4.74. The lowest BCUT2D eigenvalue weighted by molar-refractivity contribution is -0.116. The Hall–Kier alpha value is -2.45. The Labute approximate surface area is 172 Å². The lowest BCUT2D eigenvalue weighted by atomic mass is 10.1. The number of aryl methyl sites for hydroxylation is 2. The molecule has 0 bridgehead atoms. The van der Waals surface area contributed by atoms with Crippen LogP contribution in [0, 0.1) is 13.8 Å². The number of carbonyl (C=O) groups is 1. The van der Waals surface area contributed by atoms with E-state index in [0.717, 1.165) is 24.3 Å². The maximum atomic E-state index is 12.4. The monoisotopic (exact) mass is 416 g/mol. The maximum Gasteiger partial charge on any atom is 0.240 e. The van der Waals surface area contributed by atoms with Gasteiger partial charge in [-0.25, -0.2) is 18.1 Å². The van der Waals surface area contributed by atoms with Crippen LogP contribution >= 0.6 is 0 Å². The van der Waals surface area contributed by atoms with Crippen molar-refractivity contribution in [2.24, 2.45) is 0 Å². The number of anilines is 2. The Bertz CT molecular complexity index is 952. The molecule has 8 heteroatoms. The van der Waals surface area contributed by atoms with E-state index in [-0.39, 0.29) is 23.8 Å². The van der Waals surface area contributed by atoms with Crippen molar-refractivity contribution >= 4 is 27.4 Å². The van der Waals surface area contributed by atoms with E-state index in [1.54, 1.807) is 31.3 Å². The first-order valence-electron chi connectivity index (χ1n) is 9.93. The number of amides is 1. The van der Waals surface area contributed by atoms with Crippen molar-refractivity contribution < 1.29 is 13.2 Å². The fourth-order valence-electron chi connectivity index (χ4n) is 3.48. The largest absolute Gasteiger partial charge is 0.370 e. The Balaban J connectivity index is 1.49. The molecule has 1 aliphatic rings. The normalized spacial score (nSPS) is 14.6. The average Bonchev–Trinajstić information content (AvgIpc) is 2.69. The molecule has 1 amide bonds. The van der Waals surface area contributed by atoms with Crippen molar-refractivity contribution in [1.82, 2.24) is 9.71 Å². The number of nitrogens with zero attached hydrogens (tertiary/aromatic N) is 2. The molecule has 2 aromatic rings. The molecule has 2 heterocycles. The standard InChI is InChI=1S/C21H28N4O3S/c1-16-6-8-19(17(2)14-16)29(27,28)23-11-10-21(26)24-20-9-7-18(15-22-20)25-12-4-3-5-13-25/h6-9,14-15,23H,3-5,10-13H2,1-2H3,(H,22,24,26). The number of nitrogens with one attached hydrogen (secondary N) is 2. The second-order valence-electron chi connectivity index (χ2n) is 7.41. The molecule has 29 heavy (non-hydrogen) atoms. The molecule has 1 fully saturated rings. The van der Waals surface area contributed by atoms with Gasteiger partial charge in [-0.1, -0.05) is 17.7 Å². The summed E-state index contributed by atoms with van der Waals surface area (Å²) in [6.45, 7) is 5.76. The van der Waals surface area contributed by atoms with E-state index < -0.39 is 10.0 Å². The maximum absolute atomic E-state index is 12.4. The first kappa shape index (κ1) is 21.3. The molecule has 1 saturated heterocycles. The third-order valence-electron chi connectivity index (χ3n) is 5.00. The molecule has 0 saturated carbocycles. The van der Waals surface area contributed by atoms with Crippen LogP contribution in [0.3, 0.4) is 0 Å². The number of sulfonamides is 1. The first-order valence-corrected chi connectivity index (χ1v) is 11.4. The molecule has 0 aliphatic carbocycles. The fraction of sp³-hybridized carbons (Fsp3) is 0.429. The molecule has 156 valence electrons. The summed E-state index contributed by atoms with van der Waals surface area (Å²) in [4.78, 5) is 19.0. The van der Waals surface area contributed by atoms with Crippen LogP contribution in [0.1, 0.15) is 36.8 Å². The zero-order chi connectivity index (χ0) is 20.9. The molecule has 3 rings (SSSR count). The zero-order valence-corrected chi connectivity index (χ0v) is 17.8. The van der Waals surface area contributed by atoms with Gasteiger partial charge in [-0.15, -0.1) is 0 Å². The molecule has 1 aromatic carbocycles. The van der Waals surface area contributed by atoms with Crippen LogP contribution < -0.4 is 14.9 Å². The smallest absolute Gasteiger partial charge is 0.240 e. The van der Waals surface area contributed by atoms with Crippen molar-refractivity contribution in [3.05, 3.63) is 47.7 Å². The van der Waals surface area contributed by atoms with Gasteiger partial charge in [0.25, 0.3) is 0 Å². The number of carbonyl (C=O) groups excluding carboxylic acids is 1. The van der Waals surface area contributed by atoms with Crippen LogP contribution in [0.4, 0.5) is 11.5 Å². The second-order valence-corrected chi connectivity index (χ2v) is 9.15. The van der Waals surface area contributed by atoms with Crippen LogP contribution in [-0.4, -0.2) is 38.9 Å². The van der Waals surface area contributed by atoms with Crippen LogP contribution in [0.15, 0.2) is 41.4 Å². The number of benzene rings is 1. The first-order chi connectivity index (χ1) is 13.8. The average molecular weight is 417 g/mol. The van der Waals surface area contributed by atoms with Crippen molar-refractivity contribution in [1.29, 1.82) is 0 Å². The highest BCUT2D eigenvalue weighted by atomic mass is 32.2. The van der Waals surface area contributed by atoms with Crippen molar-refractivity contribution in [2.75, 3.05) is 29.9 Å². The topological polar surface area (TPSA) is 91.4 Å². The van der Waals surface area contributed by atoms with E-state index in [2.05, 4.69) is 19.9 Å².